The third-order valence-electron chi connectivity index (χ3n) is 6.80. The molecular formula is C32H34F3N7O3. The zero-order valence-electron chi connectivity index (χ0n) is 25.0. The third kappa shape index (κ3) is 9.66. The molecule has 0 saturated heterocycles. The topological polar surface area (TPSA) is 121 Å². The lowest BCUT2D eigenvalue weighted by Crippen LogP contribution is -2.27. The van der Waals surface area contributed by atoms with E-state index >= 15 is 0 Å². The van der Waals surface area contributed by atoms with Crippen LogP contribution in [0.25, 0.3) is 0 Å². The number of halogens is 3. The van der Waals surface area contributed by atoms with E-state index in [-0.39, 0.29) is 17.1 Å². The number of rotatable bonds is 12. The van der Waals surface area contributed by atoms with Gasteiger partial charge in [0.15, 0.2) is 0 Å². The molecule has 0 atom stereocenters. The molecule has 0 spiro atoms. The Hall–Kier alpha value is -5.17. The van der Waals surface area contributed by atoms with Gasteiger partial charge in [0.25, 0.3) is 5.91 Å². The highest BCUT2D eigenvalue weighted by Gasteiger charge is 2.31. The molecule has 0 unspecified atom stereocenters. The first-order chi connectivity index (χ1) is 21.5. The number of anilines is 5. The van der Waals surface area contributed by atoms with Crippen LogP contribution in [0.5, 0.6) is 5.75 Å². The Morgan fingerprint density at radius 3 is 2.27 bits per heavy atom. The van der Waals surface area contributed by atoms with Gasteiger partial charge in [-0.3, -0.25) is 10.1 Å². The lowest BCUT2D eigenvalue weighted by atomic mass is 10.1. The molecule has 1 heterocycles. The summed E-state index contributed by atoms with van der Waals surface area (Å²) in [5, 5.41) is 11.1. The standard InChI is InChI=1S/C32H34F3N7O3/c1-4-42(5-2)15-16-45-26-13-11-24(12-14-26)38-28-19-29(37-20-36-28)41-31(44)40-27-18-25(10-9-21(27)3)39-30(43)22-7-6-8-23(17-22)32(33,34)35/h6-14,17-20H,4-5,15-16H2,1-3H3,(H,39,43)(H3,36,37,38,40,41,44). The molecule has 236 valence electrons. The number of amides is 3. The number of benzene rings is 3. The molecule has 0 aliphatic rings. The molecule has 0 fully saturated rings. The van der Waals surface area contributed by atoms with Gasteiger partial charge in [0, 0.05) is 35.2 Å². The largest absolute Gasteiger partial charge is 0.492 e. The first-order valence-electron chi connectivity index (χ1n) is 14.3. The van der Waals surface area contributed by atoms with Crippen LogP contribution in [-0.4, -0.2) is 53.0 Å². The Morgan fingerprint density at radius 1 is 0.844 bits per heavy atom. The molecule has 0 aliphatic heterocycles. The smallest absolute Gasteiger partial charge is 0.416 e. The molecule has 0 bridgehead atoms. The number of carbonyl (C=O) groups is 2. The van der Waals surface area contributed by atoms with Crippen molar-refractivity contribution in [1.82, 2.24) is 14.9 Å². The zero-order chi connectivity index (χ0) is 32.4. The number of ether oxygens (including phenoxy) is 1. The summed E-state index contributed by atoms with van der Waals surface area (Å²) in [4.78, 5) is 36.0. The number of hydrogen-bond donors (Lipinski definition) is 4. The summed E-state index contributed by atoms with van der Waals surface area (Å²) in [5.41, 5.74) is 1.03. The van der Waals surface area contributed by atoms with Crippen molar-refractivity contribution < 1.29 is 27.5 Å². The van der Waals surface area contributed by atoms with E-state index < -0.39 is 23.7 Å². The van der Waals surface area contributed by atoms with Crippen LogP contribution in [0.4, 0.5) is 46.7 Å². The van der Waals surface area contributed by atoms with Crippen molar-refractivity contribution in [2.45, 2.75) is 26.9 Å². The number of alkyl halides is 3. The van der Waals surface area contributed by atoms with Crippen molar-refractivity contribution in [3.63, 3.8) is 0 Å². The molecule has 0 aliphatic carbocycles. The summed E-state index contributed by atoms with van der Waals surface area (Å²) in [6, 6.07) is 17.3. The van der Waals surface area contributed by atoms with E-state index in [0.29, 0.717) is 23.7 Å². The van der Waals surface area contributed by atoms with Crippen LogP contribution in [0.15, 0.2) is 79.1 Å². The molecule has 3 amide bonds. The minimum absolute atomic E-state index is 0.152. The highest BCUT2D eigenvalue weighted by Crippen LogP contribution is 2.30. The summed E-state index contributed by atoms with van der Waals surface area (Å²) in [5.74, 6) is 0.710. The van der Waals surface area contributed by atoms with Crippen LogP contribution in [0.2, 0.25) is 0 Å². The summed E-state index contributed by atoms with van der Waals surface area (Å²) in [6.07, 6.45) is -3.27. The fraction of sp³-hybridized carbons (Fsp3) is 0.250. The van der Waals surface area contributed by atoms with Crippen LogP contribution >= 0.6 is 0 Å². The third-order valence-corrected chi connectivity index (χ3v) is 6.80. The molecule has 13 heteroatoms. The van der Waals surface area contributed by atoms with Gasteiger partial charge in [-0.1, -0.05) is 26.0 Å². The maximum absolute atomic E-state index is 13.0. The van der Waals surface area contributed by atoms with Gasteiger partial charge in [-0.15, -0.1) is 0 Å². The summed E-state index contributed by atoms with van der Waals surface area (Å²) < 4.78 is 44.9. The van der Waals surface area contributed by atoms with E-state index in [1.165, 1.54) is 24.5 Å². The Morgan fingerprint density at radius 2 is 1.56 bits per heavy atom. The Balaban J connectivity index is 1.33. The number of aromatic nitrogens is 2. The number of hydrogen-bond acceptors (Lipinski definition) is 7. The molecule has 4 rings (SSSR count). The van der Waals surface area contributed by atoms with Gasteiger partial charge in [0.2, 0.25) is 0 Å². The lowest BCUT2D eigenvalue weighted by Gasteiger charge is -2.18. The second-order valence-electron chi connectivity index (χ2n) is 9.95. The SMILES string of the molecule is CCN(CC)CCOc1ccc(Nc2cc(NC(=O)Nc3cc(NC(=O)c4cccc(C(F)(F)F)c4)ccc3C)ncn2)cc1. The van der Waals surface area contributed by atoms with Gasteiger partial charge in [0.1, 0.15) is 30.3 Å². The van der Waals surface area contributed by atoms with Gasteiger partial charge in [0.05, 0.1) is 5.56 Å². The second-order valence-corrected chi connectivity index (χ2v) is 9.95. The van der Waals surface area contributed by atoms with Gasteiger partial charge in [-0.25, -0.2) is 14.8 Å². The van der Waals surface area contributed by atoms with Crippen molar-refractivity contribution in [3.05, 3.63) is 95.8 Å². The first kappa shape index (κ1) is 32.7. The number of nitrogens with one attached hydrogen (secondary N) is 4. The Labute approximate surface area is 259 Å². The summed E-state index contributed by atoms with van der Waals surface area (Å²) in [6.45, 7) is 9.37. The zero-order valence-corrected chi connectivity index (χ0v) is 25.0. The highest BCUT2D eigenvalue weighted by molar-refractivity contribution is 6.05. The summed E-state index contributed by atoms with van der Waals surface area (Å²) >= 11 is 0. The highest BCUT2D eigenvalue weighted by atomic mass is 19.4. The quantitative estimate of drug-likeness (QED) is 0.132. The maximum atomic E-state index is 13.0. The minimum atomic E-state index is -4.57. The number of likely N-dealkylation sites (N-methyl/N-ethyl adjacent to an activating group) is 1. The van der Waals surface area contributed by atoms with E-state index in [2.05, 4.69) is 50.0 Å². The van der Waals surface area contributed by atoms with Crippen LogP contribution in [0.3, 0.4) is 0 Å². The first-order valence-corrected chi connectivity index (χ1v) is 14.3. The second kappa shape index (κ2) is 15.0. The summed E-state index contributed by atoms with van der Waals surface area (Å²) in [7, 11) is 0. The minimum Gasteiger partial charge on any atom is -0.492 e. The molecular weight excluding hydrogens is 587 g/mol. The van der Waals surface area contributed by atoms with Gasteiger partial charge in [-0.05, 0) is 80.2 Å². The fourth-order valence-corrected chi connectivity index (χ4v) is 4.25. The number of urea groups is 1. The van der Waals surface area contributed by atoms with Crippen LogP contribution < -0.4 is 26.0 Å². The Kier molecular flexibility index (Phi) is 10.9. The van der Waals surface area contributed by atoms with E-state index in [9.17, 15) is 22.8 Å². The molecule has 3 aromatic carbocycles. The van der Waals surface area contributed by atoms with Gasteiger partial charge in [-0.2, -0.15) is 13.2 Å². The molecule has 4 N–H and O–H groups in total. The molecule has 0 saturated carbocycles. The van der Waals surface area contributed by atoms with Crippen LogP contribution in [0.1, 0.15) is 35.3 Å². The molecule has 4 aromatic rings. The fourth-order valence-electron chi connectivity index (χ4n) is 4.25. The van der Waals surface area contributed by atoms with Crippen molar-refractivity contribution in [2.75, 3.05) is 47.5 Å². The van der Waals surface area contributed by atoms with E-state index in [0.717, 1.165) is 43.2 Å². The molecule has 0 radical (unpaired) electrons. The number of aryl methyl sites for hydroxylation is 1. The van der Waals surface area contributed by atoms with Crippen LogP contribution in [0, 0.1) is 6.92 Å². The van der Waals surface area contributed by atoms with Crippen molar-refractivity contribution in [3.8, 4) is 5.75 Å². The maximum Gasteiger partial charge on any atom is 0.416 e. The van der Waals surface area contributed by atoms with E-state index in [1.807, 2.05) is 24.3 Å². The molecule has 1 aromatic heterocycles. The van der Waals surface area contributed by atoms with Crippen molar-refractivity contribution in [2.24, 2.45) is 0 Å². The van der Waals surface area contributed by atoms with E-state index in [1.54, 1.807) is 25.1 Å². The normalized spacial score (nSPS) is 11.2. The Bertz CT molecular complexity index is 1610. The monoisotopic (exact) mass is 621 g/mol. The van der Waals surface area contributed by atoms with Crippen LogP contribution in [-0.2, 0) is 6.18 Å². The van der Waals surface area contributed by atoms with E-state index in [4.69, 9.17) is 4.74 Å². The predicted octanol–water partition coefficient (Wildman–Crippen LogP) is 7.16. The van der Waals surface area contributed by atoms with Gasteiger partial charge >= 0.3 is 12.2 Å². The lowest BCUT2D eigenvalue weighted by molar-refractivity contribution is -0.137. The van der Waals surface area contributed by atoms with Gasteiger partial charge < -0.3 is 25.6 Å². The molecule has 10 nitrogen and oxygen atoms in total. The number of nitrogens with zero attached hydrogens (tertiary/aromatic N) is 3. The average Bonchev–Trinajstić information content (AvgIpc) is 3.01. The molecule has 45 heavy (non-hydrogen) atoms. The predicted molar refractivity (Wildman–Crippen MR) is 168 cm³/mol. The van der Waals surface area contributed by atoms with Crippen molar-refractivity contribution in [1.29, 1.82) is 0 Å². The average molecular weight is 622 g/mol. The van der Waals surface area contributed by atoms with Crippen molar-refractivity contribution >= 4 is 40.6 Å². The number of carbonyl (C=O) groups excluding carboxylic acids is 2.